The van der Waals surface area contributed by atoms with Crippen molar-refractivity contribution in [3.8, 4) is 22.9 Å². The maximum Gasteiger partial charge on any atom is 0.264 e. The zero-order valence-electron chi connectivity index (χ0n) is 18.3. The van der Waals surface area contributed by atoms with Crippen LogP contribution in [0.25, 0.3) is 22.3 Å². The lowest BCUT2D eigenvalue weighted by atomic mass is 10.1. The van der Waals surface area contributed by atoms with Crippen LogP contribution in [0.4, 0.5) is 5.82 Å². The third-order valence-corrected chi connectivity index (χ3v) is 5.92. The van der Waals surface area contributed by atoms with E-state index in [2.05, 4.69) is 21.5 Å². The second-order valence-corrected chi connectivity index (χ2v) is 8.46. The third kappa shape index (κ3) is 4.17. The van der Waals surface area contributed by atoms with Gasteiger partial charge in [0, 0.05) is 30.9 Å². The molecule has 0 saturated carbocycles. The predicted molar refractivity (Wildman–Crippen MR) is 129 cm³/mol. The Hall–Kier alpha value is -3.98. The Morgan fingerprint density at radius 1 is 1.15 bits per heavy atom. The quantitative estimate of drug-likeness (QED) is 0.431. The minimum Gasteiger partial charge on any atom is -0.439 e. The molecule has 0 radical (unpaired) electrons. The average molecular weight is 476 g/mol. The Morgan fingerprint density at radius 2 is 1.97 bits per heavy atom. The predicted octanol–water partition coefficient (Wildman–Crippen LogP) is 4.18. The molecule has 9 nitrogen and oxygen atoms in total. The smallest absolute Gasteiger partial charge is 0.264 e. The molecule has 4 heterocycles. The minimum absolute atomic E-state index is 0.00196. The molecule has 0 aliphatic carbocycles. The van der Waals surface area contributed by atoms with Gasteiger partial charge in [0.2, 0.25) is 5.88 Å². The number of halogens is 1. The molecule has 0 spiro atoms. The molecule has 5 rings (SSSR count). The highest BCUT2D eigenvalue weighted by Gasteiger charge is 2.29. The van der Waals surface area contributed by atoms with Gasteiger partial charge in [-0.05, 0) is 31.0 Å². The molecule has 1 atom stereocenters. The Kier molecular flexibility index (Phi) is 5.85. The van der Waals surface area contributed by atoms with Crippen LogP contribution in [-0.2, 0) is 4.79 Å². The van der Waals surface area contributed by atoms with Crippen molar-refractivity contribution in [2.75, 3.05) is 18.8 Å². The van der Waals surface area contributed by atoms with Crippen LogP contribution < -0.4 is 10.5 Å². The summed E-state index contributed by atoms with van der Waals surface area (Å²) in [5, 5.41) is 5.50. The summed E-state index contributed by atoms with van der Waals surface area (Å²) in [6.07, 6.45) is 4.75. The fourth-order valence-electron chi connectivity index (χ4n) is 4.15. The zero-order valence-corrected chi connectivity index (χ0v) is 19.0. The van der Waals surface area contributed by atoms with Crippen molar-refractivity contribution in [1.29, 1.82) is 0 Å². The number of benzene rings is 1. The molecule has 3 aromatic heterocycles. The number of fused-ring (bicyclic) bond motifs is 1. The van der Waals surface area contributed by atoms with E-state index in [4.69, 9.17) is 27.2 Å². The van der Waals surface area contributed by atoms with Gasteiger partial charge >= 0.3 is 0 Å². The number of ether oxygens (including phenoxy) is 1. The second kappa shape index (κ2) is 9.11. The van der Waals surface area contributed by atoms with Crippen LogP contribution in [0, 0.1) is 0 Å². The number of pyridine rings is 1. The summed E-state index contributed by atoms with van der Waals surface area (Å²) in [6, 6.07) is 13.0. The topological polar surface area (TPSA) is 112 Å². The molecule has 1 amide bonds. The number of nitrogens with zero attached hydrogens (tertiary/aromatic N) is 6. The summed E-state index contributed by atoms with van der Waals surface area (Å²) < 4.78 is 7.62. The molecule has 1 unspecified atom stereocenters. The first-order valence-corrected chi connectivity index (χ1v) is 11.2. The van der Waals surface area contributed by atoms with Gasteiger partial charge in [-0.1, -0.05) is 36.4 Å². The first-order valence-electron chi connectivity index (χ1n) is 10.8. The SMILES string of the molecule is C=C(Cl)C(=O)N1CCCC(n2nc(-c3ccc(Oc4ccccc4)nc3)c3c(N)ncnc32)C1. The van der Waals surface area contributed by atoms with Crippen LogP contribution in [0.1, 0.15) is 18.9 Å². The Balaban J connectivity index is 1.49. The Bertz CT molecular complexity index is 1360. The molecule has 4 aromatic rings. The van der Waals surface area contributed by atoms with Gasteiger partial charge in [0.15, 0.2) is 5.65 Å². The number of amides is 1. The molecule has 10 heteroatoms. The van der Waals surface area contributed by atoms with E-state index in [1.807, 2.05) is 41.1 Å². The highest BCUT2D eigenvalue weighted by atomic mass is 35.5. The number of nitrogen functional groups attached to an aromatic ring is 1. The monoisotopic (exact) mass is 475 g/mol. The third-order valence-electron chi connectivity index (χ3n) is 5.76. The normalized spacial score (nSPS) is 15.9. The number of piperidine rings is 1. The van der Waals surface area contributed by atoms with Crippen LogP contribution in [0.5, 0.6) is 11.6 Å². The van der Waals surface area contributed by atoms with E-state index in [0.29, 0.717) is 47.3 Å². The fourth-order valence-corrected chi connectivity index (χ4v) is 4.27. The largest absolute Gasteiger partial charge is 0.439 e. The molecule has 0 bridgehead atoms. The lowest BCUT2D eigenvalue weighted by Gasteiger charge is -2.32. The van der Waals surface area contributed by atoms with E-state index in [1.165, 1.54) is 6.33 Å². The minimum atomic E-state index is -0.268. The number of nitrogens with two attached hydrogens (primary N) is 1. The number of likely N-dealkylation sites (tertiary alicyclic amines) is 1. The van der Waals surface area contributed by atoms with Crippen molar-refractivity contribution in [2.45, 2.75) is 18.9 Å². The van der Waals surface area contributed by atoms with Gasteiger partial charge in [0.1, 0.15) is 23.6 Å². The van der Waals surface area contributed by atoms with Crippen LogP contribution in [0.15, 0.2) is 66.6 Å². The maximum absolute atomic E-state index is 12.4. The van der Waals surface area contributed by atoms with Crippen LogP contribution in [0.2, 0.25) is 0 Å². The Morgan fingerprint density at radius 3 is 2.71 bits per heavy atom. The number of hydrogen-bond donors (Lipinski definition) is 1. The van der Waals surface area contributed by atoms with Crippen molar-refractivity contribution >= 4 is 34.4 Å². The molecule has 1 aliphatic heterocycles. The summed E-state index contributed by atoms with van der Waals surface area (Å²) in [5.41, 5.74) is 8.22. The van der Waals surface area contributed by atoms with Crippen molar-refractivity contribution in [2.24, 2.45) is 0 Å². The summed E-state index contributed by atoms with van der Waals surface area (Å²) in [4.78, 5) is 27.1. The van der Waals surface area contributed by atoms with Gasteiger partial charge < -0.3 is 15.4 Å². The number of para-hydroxylation sites is 1. The van der Waals surface area contributed by atoms with Crippen molar-refractivity contribution in [1.82, 2.24) is 29.6 Å². The highest BCUT2D eigenvalue weighted by Crippen LogP contribution is 2.34. The van der Waals surface area contributed by atoms with E-state index in [9.17, 15) is 4.79 Å². The van der Waals surface area contributed by atoms with Gasteiger partial charge in [-0.3, -0.25) is 4.79 Å². The van der Waals surface area contributed by atoms with E-state index in [0.717, 1.165) is 18.4 Å². The van der Waals surface area contributed by atoms with Gasteiger partial charge in [-0.25, -0.2) is 19.6 Å². The zero-order chi connectivity index (χ0) is 23.7. The first-order chi connectivity index (χ1) is 16.5. The van der Waals surface area contributed by atoms with E-state index >= 15 is 0 Å². The average Bonchev–Trinajstić information content (AvgIpc) is 3.26. The number of carbonyl (C=O) groups excluding carboxylic acids is 1. The summed E-state index contributed by atoms with van der Waals surface area (Å²) in [5.74, 6) is 1.22. The number of carbonyl (C=O) groups is 1. The molecule has 34 heavy (non-hydrogen) atoms. The second-order valence-electron chi connectivity index (χ2n) is 8.00. The highest BCUT2D eigenvalue weighted by molar-refractivity contribution is 6.41. The van der Waals surface area contributed by atoms with E-state index < -0.39 is 0 Å². The molecule has 2 N–H and O–H groups in total. The summed E-state index contributed by atoms with van der Waals surface area (Å²) in [7, 11) is 0. The summed E-state index contributed by atoms with van der Waals surface area (Å²) >= 11 is 5.86. The van der Waals surface area contributed by atoms with Gasteiger partial charge in [0.25, 0.3) is 5.91 Å². The van der Waals surface area contributed by atoms with E-state index in [-0.39, 0.29) is 17.0 Å². The number of anilines is 1. The molecule has 172 valence electrons. The molecule has 1 aromatic carbocycles. The van der Waals surface area contributed by atoms with Crippen molar-refractivity contribution in [3.63, 3.8) is 0 Å². The molecule has 1 fully saturated rings. The summed E-state index contributed by atoms with van der Waals surface area (Å²) in [6.45, 7) is 4.64. The van der Waals surface area contributed by atoms with Gasteiger partial charge in [-0.15, -0.1) is 0 Å². The molecular weight excluding hydrogens is 454 g/mol. The van der Waals surface area contributed by atoms with E-state index in [1.54, 1.807) is 17.2 Å². The van der Waals surface area contributed by atoms with Gasteiger partial charge in [-0.2, -0.15) is 5.10 Å². The Labute approximate surface area is 200 Å². The lowest BCUT2D eigenvalue weighted by Crippen LogP contribution is -2.41. The molecular formula is C24H22ClN7O2. The first kappa shape index (κ1) is 21.8. The fraction of sp³-hybridized carbons (Fsp3) is 0.208. The van der Waals surface area contributed by atoms with Gasteiger partial charge in [0.05, 0.1) is 16.5 Å². The van der Waals surface area contributed by atoms with Crippen LogP contribution >= 0.6 is 11.6 Å². The van der Waals surface area contributed by atoms with Crippen LogP contribution in [0.3, 0.4) is 0 Å². The number of rotatable bonds is 5. The number of hydrogen-bond acceptors (Lipinski definition) is 7. The molecule has 1 aliphatic rings. The van der Waals surface area contributed by atoms with Crippen molar-refractivity contribution in [3.05, 3.63) is 66.6 Å². The number of aromatic nitrogens is 5. The van der Waals surface area contributed by atoms with Crippen LogP contribution in [-0.4, -0.2) is 48.6 Å². The standard InChI is InChI=1S/C24H22ClN7O2/c1-15(25)24(33)31-11-5-6-17(13-31)32-23-20(22(26)28-14-29-23)21(30-32)16-9-10-19(27-12-16)34-18-7-3-2-4-8-18/h2-4,7-10,12,14,17H,1,5-6,11,13H2,(H2,26,28,29). The lowest BCUT2D eigenvalue weighted by molar-refractivity contribution is -0.128. The molecule has 1 saturated heterocycles. The van der Waals surface area contributed by atoms with Crippen molar-refractivity contribution < 1.29 is 9.53 Å². The maximum atomic E-state index is 12.4.